The van der Waals surface area contributed by atoms with Crippen molar-refractivity contribution in [1.82, 2.24) is 20.0 Å². The van der Waals surface area contributed by atoms with Gasteiger partial charge >= 0.3 is 0 Å². The molecule has 0 spiro atoms. The zero-order valence-corrected chi connectivity index (χ0v) is 11.6. The lowest BCUT2D eigenvalue weighted by molar-refractivity contribution is 0.0930. The van der Waals surface area contributed by atoms with E-state index in [0.717, 1.165) is 18.5 Å². The van der Waals surface area contributed by atoms with Crippen molar-refractivity contribution in [3.05, 3.63) is 35.2 Å². The lowest BCUT2D eigenvalue weighted by atomic mass is 9.95. The van der Waals surface area contributed by atoms with Crippen LogP contribution in [-0.4, -0.2) is 33.4 Å². The number of hydrogen-bond acceptors (Lipinski definition) is 3. The molecule has 2 aliphatic heterocycles. The summed E-state index contributed by atoms with van der Waals surface area (Å²) in [5.41, 5.74) is 1.38. The number of pyridine rings is 1. The normalized spacial score (nSPS) is 28.1. The van der Waals surface area contributed by atoms with Gasteiger partial charge in [0.2, 0.25) is 0 Å². The molecule has 2 saturated heterocycles. The van der Waals surface area contributed by atoms with Crippen LogP contribution in [0, 0.1) is 0 Å². The van der Waals surface area contributed by atoms with E-state index < -0.39 is 0 Å². The molecule has 20 heavy (non-hydrogen) atoms. The Labute approximate surface area is 121 Å². The zero-order chi connectivity index (χ0) is 13.7. The minimum Gasteiger partial charge on any atom is -0.348 e. The van der Waals surface area contributed by atoms with Crippen LogP contribution in [0.2, 0.25) is 5.15 Å². The predicted octanol–water partition coefficient (Wildman–Crippen LogP) is 1.61. The van der Waals surface area contributed by atoms with Gasteiger partial charge in [-0.15, -0.1) is 0 Å². The quantitative estimate of drug-likeness (QED) is 0.883. The Morgan fingerprint density at radius 1 is 1.40 bits per heavy atom. The smallest absolute Gasteiger partial charge is 0.253 e. The fourth-order valence-electron chi connectivity index (χ4n) is 3.33. The highest BCUT2D eigenvalue weighted by molar-refractivity contribution is 6.29. The number of imidazole rings is 1. The van der Waals surface area contributed by atoms with Gasteiger partial charge in [0.1, 0.15) is 10.8 Å². The lowest BCUT2D eigenvalue weighted by Crippen LogP contribution is -2.42. The summed E-state index contributed by atoms with van der Waals surface area (Å²) in [7, 11) is 0. The third-order valence-corrected chi connectivity index (χ3v) is 4.48. The second-order valence-electron chi connectivity index (χ2n) is 5.61. The molecule has 5 nitrogen and oxygen atoms in total. The molecule has 0 saturated carbocycles. The van der Waals surface area contributed by atoms with Crippen LogP contribution in [0.4, 0.5) is 0 Å². The van der Waals surface area contributed by atoms with E-state index in [0.29, 0.717) is 22.8 Å². The summed E-state index contributed by atoms with van der Waals surface area (Å²) in [5.74, 6) is -0.0314. The molecule has 1 amide bonds. The molecule has 6 heteroatoms. The zero-order valence-electron chi connectivity index (χ0n) is 10.8. The molecule has 2 aliphatic rings. The van der Waals surface area contributed by atoms with Crippen LogP contribution < -0.4 is 10.6 Å². The maximum atomic E-state index is 12.3. The molecule has 2 aromatic rings. The number of nitrogens with zero attached hydrogens (tertiary/aromatic N) is 2. The van der Waals surface area contributed by atoms with Crippen LogP contribution in [0.25, 0.3) is 5.65 Å². The number of halogens is 1. The predicted molar refractivity (Wildman–Crippen MR) is 76.0 cm³/mol. The van der Waals surface area contributed by atoms with Crippen LogP contribution in [0.1, 0.15) is 29.6 Å². The summed E-state index contributed by atoms with van der Waals surface area (Å²) in [6, 6.07) is 4.87. The van der Waals surface area contributed by atoms with E-state index >= 15 is 0 Å². The summed E-state index contributed by atoms with van der Waals surface area (Å²) >= 11 is 5.85. The van der Waals surface area contributed by atoms with Crippen LogP contribution in [0.15, 0.2) is 24.5 Å². The van der Waals surface area contributed by atoms with Gasteiger partial charge in [-0.1, -0.05) is 11.6 Å². The molecule has 2 aromatic heterocycles. The van der Waals surface area contributed by atoms with Gasteiger partial charge in [0.15, 0.2) is 0 Å². The first kappa shape index (κ1) is 12.2. The van der Waals surface area contributed by atoms with Crippen molar-refractivity contribution in [3.8, 4) is 0 Å². The summed E-state index contributed by atoms with van der Waals surface area (Å²) in [5, 5.41) is 7.08. The molecule has 3 atom stereocenters. The van der Waals surface area contributed by atoms with Gasteiger partial charge < -0.3 is 15.0 Å². The maximum Gasteiger partial charge on any atom is 0.253 e. The van der Waals surface area contributed by atoms with Crippen molar-refractivity contribution in [3.63, 3.8) is 0 Å². The highest BCUT2D eigenvalue weighted by Gasteiger charge is 2.39. The first-order valence-electron chi connectivity index (χ1n) is 6.90. The van der Waals surface area contributed by atoms with Crippen molar-refractivity contribution >= 4 is 23.2 Å². The highest BCUT2D eigenvalue weighted by Crippen LogP contribution is 2.28. The maximum absolute atomic E-state index is 12.3. The van der Waals surface area contributed by atoms with Gasteiger partial charge in [0.05, 0.1) is 5.56 Å². The second kappa shape index (κ2) is 4.46. The number of rotatable bonds is 2. The summed E-state index contributed by atoms with van der Waals surface area (Å²) in [6.45, 7) is 0. The fraction of sp³-hybridized carbons (Fsp3) is 0.429. The lowest BCUT2D eigenvalue weighted by Gasteiger charge is -2.21. The van der Waals surface area contributed by atoms with Gasteiger partial charge in [-0.2, -0.15) is 0 Å². The Hall–Kier alpha value is -1.59. The van der Waals surface area contributed by atoms with E-state index in [1.54, 1.807) is 28.9 Å². The third kappa shape index (κ3) is 1.98. The van der Waals surface area contributed by atoms with Crippen molar-refractivity contribution in [2.24, 2.45) is 0 Å². The number of carbonyl (C=O) groups is 1. The standard InChI is InChI=1S/C14H15ClN4O/c15-12-7-19-6-8(1-4-13(19)18-12)14(20)17-11-5-9-2-3-10(11)16-9/h1,4,6-7,9-11,16H,2-3,5H2,(H,17,20)/t9-,10+,11-/m1/s1. The van der Waals surface area contributed by atoms with Crippen LogP contribution >= 0.6 is 11.6 Å². The van der Waals surface area contributed by atoms with E-state index in [2.05, 4.69) is 15.6 Å². The molecule has 2 N–H and O–H groups in total. The number of carbonyl (C=O) groups excluding carboxylic acids is 1. The Bertz CT molecular complexity index is 683. The number of fused-ring (bicyclic) bond motifs is 3. The number of aromatic nitrogens is 2. The van der Waals surface area contributed by atoms with Gasteiger partial charge in [-0.05, 0) is 31.4 Å². The molecular weight excluding hydrogens is 276 g/mol. The van der Waals surface area contributed by atoms with Crippen LogP contribution in [0.5, 0.6) is 0 Å². The van der Waals surface area contributed by atoms with E-state index in [1.807, 2.05) is 0 Å². The molecule has 4 heterocycles. The number of hydrogen-bond donors (Lipinski definition) is 2. The molecule has 0 unspecified atom stereocenters. The van der Waals surface area contributed by atoms with Crippen LogP contribution in [-0.2, 0) is 0 Å². The molecule has 0 aromatic carbocycles. The van der Waals surface area contributed by atoms with Crippen LogP contribution in [0.3, 0.4) is 0 Å². The van der Waals surface area contributed by atoms with E-state index in [1.165, 1.54) is 6.42 Å². The van der Waals surface area contributed by atoms with Gasteiger partial charge in [-0.3, -0.25) is 4.79 Å². The Kier molecular flexibility index (Phi) is 2.72. The average molecular weight is 291 g/mol. The average Bonchev–Trinajstić information content (AvgIpc) is 3.10. The SMILES string of the molecule is O=C(N[C@@H]1C[C@H]2CC[C@@H]1N2)c1ccc2nc(Cl)cn2c1. The minimum atomic E-state index is -0.0314. The number of nitrogens with one attached hydrogen (secondary N) is 2. The molecule has 2 fully saturated rings. The monoisotopic (exact) mass is 290 g/mol. The largest absolute Gasteiger partial charge is 0.348 e. The Balaban J connectivity index is 1.54. The first-order chi connectivity index (χ1) is 9.69. The highest BCUT2D eigenvalue weighted by atomic mass is 35.5. The Morgan fingerprint density at radius 3 is 3.05 bits per heavy atom. The second-order valence-corrected chi connectivity index (χ2v) is 6.00. The topological polar surface area (TPSA) is 58.4 Å². The van der Waals surface area contributed by atoms with Crippen molar-refractivity contribution in [2.75, 3.05) is 0 Å². The third-order valence-electron chi connectivity index (χ3n) is 4.30. The van der Waals surface area contributed by atoms with E-state index in [4.69, 9.17) is 11.6 Å². The van der Waals surface area contributed by atoms with Crippen molar-refractivity contribution in [1.29, 1.82) is 0 Å². The van der Waals surface area contributed by atoms with Gasteiger partial charge in [0, 0.05) is 30.5 Å². The first-order valence-corrected chi connectivity index (χ1v) is 7.28. The fourth-order valence-corrected chi connectivity index (χ4v) is 3.52. The molecule has 2 bridgehead atoms. The summed E-state index contributed by atoms with van der Waals surface area (Å²) in [6.07, 6.45) is 6.90. The van der Waals surface area contributed by atoms with Crippen molar-refractivity contribution in [2.45, 2.75) is 37.4 Å². The van der Waals surface area contributed by atoms with E-state index in [9.17, 15) is 4.79 Å². The van der Waals surface area contributed by atoms with E-state index in [-0.39, 0.29) is 11.9 Å². The molecular formula is C14H15ClN4O. The molecule has 4 rings (SSSR count). The molecule has 104 valence electrons. The minimum absolute atomic E-state index is 0.0314. The van der Waals surface area contributed by atoms with Gasteiger partial charge in [0.25, 0.3) is 5.91 Å². The molecule has 0 radical (unpaired) electrons. The van der Waals surface area contributed by atoms with Gasteiger partial charge in [-0.25, -0.2) is 4.98 Å². The summed E-state index contributed by atoms with van der Waals surface area (Å²) < 4.78 is 1.77. The van der Waals surface area contributed by atoms with Crippen molar-refractivity contribution < 1.29 is 4.79 Å². The molecule has 0 aliphatic carbocycles. The Morgan fingerprint density at radius 2 is 2.30 bits per heavy atom. The summed E-state index contributed by atoms with van der Waals surface area (Å²) in [4.78, 5) is 16.5. The number of amides is 1.